The van der Waals surface area contributed by atoms with Crippen molar-refractivity contribution in [2.75, 3.05) is 39.8 Å². The van der Waals surface area contributed by atoms with Crippen LogP contribution in [0.5, 0.6) is 23.0 Å². The van der Waals surface area contributed by atoms with Crippen molar-refractivity contribution in [3.05, 3.63) is 77.4 Å². The average Bonchev–Trinajstić information content (AvgIpc) is 2.97. The summed E-state index contributed by atoms with van der Waals surface area (Å²) in [6, 6.07) is 17.8. The van der Waals surface area contributed by atoms with Crippen molar-refractivity contribution in [2.45, 2.75) is 13.3 Å². The van der Waals surface area contributed by atoms with E-state index in [1.807, 2.05) is 37.3 Å². The molecule has 3 aromatic carbocycles. The van der Waals surface area contributed by atoms with Crippen LogP contribution in [0.4, 0.5) is 5.69 Å². The molecule has 11 heteroatoms. The zero-order valence-electron chi connectivity index (χ0n) is 22.8. The van der Waals surface area contributed by atoms with Crippen LogP contribution in [-0.2, 0) is 20.8 Å². The highest BCUT2D eigenvalue weighted by atomic mass is 16.5. The number of hydrazone groups is 1. The molecule has 3 aromatic rings. The van der Waals surface area contributed by atoms with Crippen LogP contribution in [0.25, 0.3) is 0 Å². The van der Waals surface area contributed by atoms with Gasteiger partial charge >= 0.3 is 11.8 Å². The van der Waals surface area contributed by atoms with Crippen LogP contribution in [0.3, 0.4) is 0 Å². The minimum absolute atomic E-state index is 0.213. The fourth-order valence-corrected chi connectivity index (χ4v) is 3.58. The lowest BCUT2D eigenvalue weighted by atomic mass is 10.1. The molecule has 0 aliphatic carbocycles. The van der Waals surface area contributed by atoms with E-state index in [0.29, 0.717) is 40.7 Å². The Bertz CT molecular complexity index is 1370. The number of para-hydroxylation sites is 1. The Balaban J connectivity index is 1.46. The summed E-state index contributed by atoms with van der Waals surface area (Å²) in [5.41, 5.74) is 5.32. The van der Waals surface area contributed by atoms with Gasteiger partial charge in [-0.25, -0.2) is 5.43 Å². The lowest BCUT2D eigenvalue weighted by Gasteiger charge is -2.12. The Kier molecular flexibility index (Phi) is 10.9. The van der Waals surface area contributed by atoms with E-state index in [1.165, 1.54) is 13.3 Å². The zero-order chi connectivity index (χ0) is 28.9. The first-order chi connectivity index (χ1) is 19.3. The SMILES string of the molecule is COc1ccc(CCNC(=O)C(=O)N/N=C\c2ccc(OCC(=O)Nc3ccccc3C)c(OC)c2)cc1OC. The number of anilines is 1. The van der Waals surface area contributed by atoms with E-state index < -0.39 is 11.8 Å². The molecule has 0 heterocycles. The van der Waals surface area contributed by atoms with Gasteiger partial charge in [-0.15, -0.1) is 0 Å². The van der Waals surface area contributed by atoms with E-state index in [0.717, 1.165) is 11.1 Å². The lowest BCUT2D eigenvalue weighted by molar-refractivity contribution is -0.139. The van der Waals surface area contributed by atoms with E-state index in [2.05, 4.69) is 21.2 Å². The molecule has 0 atom stereocenters. The molecule has 210 valence electrons. The van der Waals surface area contributed by atoms with Gasteiger partial charge in [-0.05, 0) is 66.4 Å². The zero-order valence-corrected chi connectivity index (χ0v) is 22.8. The van der Waals surface area contributed by atoms with Crippen LogP contribution in [0.2, 0.25) is 0 Å². The first-order valence-corrected chi connectivity index (χ1v) is 12.3. The number of hydrogen-bond acceptors (Lipinski definition) is 8. The molecule has 0 aliphatic rings. The molecule has 3 N–H and O–H groups in total. The number of methoxy groups -OCH3 is 3. The molecular weight excluding hydrogens is 516 g/mol. The van der Waals surface area contributed by atoms with Crippen LogP contribution in [0.15, 0.2) is 65.8 Å². The van der Waals surface area contributed by atoms with Crippen molar-refractivity contribution in [1.82, 2.24) is 10.7 Å². The summed E-state index contributed by atoms with van der Waals surface area (Å²) in [4.78, 5) is 36.4. The Morgan fingerprint density at radius 3 is 2.25 bits per heavy atom. The highest BCUT2D eigenvalue weighted by molar-refractivity contribution is 6.35. The summed E-state index contributed by atoms with van der Waals surface area (Å²) in [7, 11) is 4.56. The standard InChI is InChI=1S/C29H32N4O7/c1-19-7-5-6-8-22(19)32-27(34)18-40-24-12-10-21(16-26(24)39-4)17-31-33-29(36)28(35)30-14-13-20-9-11-23(37-2)25(15-20)38-3/h5-12,15-17H,13-14,18H2,1-4H3,(H,30,35)(H,32,34)(H,33,36)/b31-17-. The quantitative estimate of drug-likeness (QED) is 0.180. The molecule has 0 saturated carbocycles. The van der Waals surface area contributed by atoms with Gasteiger partial charge in [-0.1, -0.05) is 24.3 Å². The van der Waals surface area contributed by atoms with E-state index >= 15 is 0 Å². The predicted molar refractivity (Wildman–Crippen MR) is 150 cm³/mol. The number of carbonyl (C=O) groups excluding carboxylic acids is 3. The summed E-state index contributed by atoms with van der Waals surface area (Å²) in [5, 5.41) is 9.17. The molecule has 11 nitrogen and oxygen atoms in total. The summed E-state index contributed by atoms with van der Waals surface area (Å²) < 4.78 is 21.4. The second-order valence-corrected chi connectivity index (χ2v) is 8.46. The van der Waals surface area contributed by atoms with Gasteiger partial charge in [-0.2, -0.15) is 5.10 Å². The van der Waals surface area contributed by atoms with Gasteiger partial charge in [0.05, 0.1) is 27.5 Å². The number of ether oxygens (including phenoxy) is 4. The van der Waals surface area contributed by atoms with E-state index in [1.54, 1.807) is 44.6 Å². The summed E-state index contributed by atoms with van der Waals surface area (Å²) in [5.74, 6) is -0.124. The molecule has 0 aliphatic heterocycles. The number of rotatable bonds is 12. The number of benzene rings is 3. The number of nitrogens with zero attached hydrogens (tertiary/aromatic N) is 1. The first kappa shape index (κ1) is 29.5. The number of hydrogen-bond donors (Lipinski definition) is 3. The Morgan fingerprint density at radius 1 is 0.825 bits per heavy atom. The van der Waals surface area contributed by atoms with Crippen LogP contribution in [-0.4, -0.2) is 58.4 Å². The van der Waals surface area contributed by atoms with Crippen molar-refractivity contribution in [1.29, 1.82) is 0 Å². The molecular formula is C29H32N4O7. The van der Waals surface area contributed by atoms with Crippen LogP contribution >= 0.6 is 0 Å². The largest absolute Gasteiger partial charge is 0.493 e. The molecule has 0 unspecified atom stereocenters. The Morgan fingerprint density at radius 2 is 1.52 bits per heavy atom. The second-order valence-electron chi connectivity index (χ2n) is 8.46. The molecule has 0 aromatic heterocycles. The van der Waals surface area contributed by atoms with Gasteiger partial charge in [0, 0.05) is 12.2 Å². The van der Waals surface area contributed by atoms with Gasteiger partial charge in [0.15, 0.2) is 29.6 Å². The number of carbonyl (C=O) groups is 3. The monoisotopic (exact) mass is 548 g/mol. The molecule has 3 amide bonds. The lowest BCUT2D eigenvalue weighted by Crippen LogP contribution is -2.38. The fourth-order valence-electron chi connectivity index (χ4n) is 3.58. The van der Waals surface area contributed by atoms with E-state index in [-0.39, 0.29) is 19.1 Å². The number of nitrogens with one attached hydrogen (secondary N) is 3. The molecule has 0 bridgehead atoms. The third kappa shape index (κ3) is 8.48. The van der Waals surface area contributed by atoms with Crippen molar-refractivity contribution in [2.24, 2.45) is 5.10 Å². The summed E-state index contributed by atoms with van der Waals surface area (Å²) in [6.45, 7) is 1.93. The minimum atomic E-state index is -0.907. The third-order valence-electron chi connectivity index (χ3n) is 5.70. The topological polar surface area (TPSA) is 137 Å². The van der Waals surface area contributed by atoms with E-state index in [4.69, 9.17) is 18.9 Å². The third-order valence-corrected chi connectivity index (χ3v) is 5.70. The highest BCUT2D eigenvalue weighted by Gasteiger charge is 2.13. The van der Waals surface area contributed by atoms with E-state index in [9.17, 15) is 14.4 Å². The van der Waals surface area contributed by atoms with Gasteiger partial charge < -0.3 is 29.6 Å². The summed E-state index contributed by atoms with van der Waals surface area (Å²) >= 11 is 0. The molecule has 0 spiro atoms. The normalized spacial score (nSPS) is 10.5. The number of aryl methyl sites for hydroxylation is 1. The van der Waals surface area contributed by atoms with Crippen molar-refractivity contribution in [3.63, 3.8) is 0 Å². The molecule has 0 radical (unpaired) electrons. The van der Waals surface area contributed by atoms with Crippen molar-refractivity contribution < 1.29 is 33.3 Å². The maximum atomic E-state index is 12.3. The number of amides is 3. The Hall–Kier alpha value is -5.06. The molecule has 0 saturated heterocycles. The maximum Gasteiger partial charge on any atom is 0.329 e. The molecule has 3 rings (SSSR count). The predicted octanol–water partition coefficient (Wildman–Crippen LogP) is 2.85. The van der Waals surface area contributed by atoms with Gasteiger partial charge in [0.1, 0.15) is 0 Å². The molecule has 0 fully saturated rings. The van der Waals surface area contributed by atoms with Gasteiger partial charge in [0.25, 0.3) is 5.91 Å². The summed E-state index contributed by atoms with van der Waals surface area (Å²) in [6.07, 6.45) is 1.84. The smallest absolute Gasteiger partial charge is 0.329 e. The highest BCUT2D eigenvalue weighted by Crippen LogP contribution is 2.28. The first-order valence-electron chi connectivity index (χ1n) is 12.3. The van der Waals surface area contributed by atoms with Crippen LogP contribution in [0.1, 0.15) is 16.7 Å². The average molecular weight is 549 g/mol. The Labute approximate surface area is 232 Å². The van der Waals surface area contributed by atoms with Crippen molar-refractivity contribution in [3.8, 4) is 23.0 Å². The van der Waals surface area contributed by atoms with Crippen LogP contribution < -0.4 is 35.0 Å². The second kappa shape index (κ2) is 14.8. The van der Waals surface area contributed by atoms with Crippen LogP contribution in [0, 0.1) is 6.92 Å². The van der Waals surface area contributed by atoms with Gasteiger partial charge in [-0.3, -0.25) is 14.4 Å². The minimum Gasteiger partial charge on any atom is -0.493 e. The fraction of sp³-hybridized carbons (Fsp3) is 0.241. The maximum absolute atomic E-state index is 12.3. The molecule has 40 heavy (non-hydrogen) atoms. The van der Waals surface area contributed by atoms with Crippen molar-refractivity contribution >= 4 is 29.6 Å². The van der Waals surface area contributed by atoms with Gasteiger partial charge in [0.2, 0.25) is 0 Å².